The van der Waals surface area contributed by atoms with Gasteiger partial charge in [0, 0.05) is 44.5 Å². The second kappa shape index (κ2) is 9.18. The van der Waals surface area contributed by atoms with Crippen molar-refractivity contribution >= 4 is 17.5 Å². The summed E-state index contributed by atoms with van der Waals surface area (Å²) in [6, 6.07) is 10.2. The third-order valence-electron chi connectivity index (χ3n) is 5.35. The fourth-order valence-electron chi connectivity index (χ4n) is 3.68. The number of piperazine rings is 1. The molecule has 0 atom stereocenters. The van der Waals surface area contributed by atoms with Crippen molar-refractivity contribution in [1.29, 1.82) is 0 Å². The Morgan fingerprint density at radius 3 is 2.48 bits per heavy atom. The van der Waals surface area contributed by atoms with Crippen molar-refractivity contribution in [3.8, 4) is 0 Å². The number of rotatable bonds is 5. The Morgan fingerprint density at radius 2 is 1.82 bits per heavy atom. The molecule has 1 amide bonds. The minimum absolute atomic E-state index is 0.277. The molecule has 0 unspecified atom stereocenters. The van der Waals surface area contributed by atoms with E-state index < -0.39 is 29.0 Å². The maximum absolute atomic E-state index is 14.3. The van der Waals surface area contributed by atoms with Crippen molar-refractivity contribution in [2.45, 2.75) is 19.6 Å². The first kappa shape index (κ1) is 22.7. The third-order valence-corrected chi connectivity index (χ3v) is 5.35. The van der Waals surface area contributed by atoms with Gasteiger partial charge in [-0.25, -0.2) is 9.37 Å². The number of benzene rings is 1. The van der Waals surface area contributed by atoms with Crippen molar-refractivity contribution in [3.05, 3.63) is 70.8 Å². The van der Waals surface area contributed by atoms with Gasteiger partial charge in [0.25, 0.3) is 5.91 Å². The normalized spacial score (nSPS) is 15.0. The Bertz CT molecular complexity index is 1140. The summed E-state index contributed by atoms with van der Waals surface area (Å²) in [5, 5.41) is 10.1. The van der Waals surface area contributed by atoms with E-state index in [0.717, 1.165) is 23.5 Å². The summed E-state index contributed by atoms with van der Waals surface area (Å²) >= 11 is 0. The van der Waals surface area contributed by atoms with Crippen molar-refractivity contribution < 1.29 is 22.4 Å². The molecule has 0 spiro atoms. The number of aromatic amines is 1. The predicted molar refractivity (Wildman–Crippen MR) is 113 cm³/mol. The number of nitrogens with zero attached hydrogens (tertiary/aromatic N) is 4. The molecular formula is C22H22F4N6O. The van der Waals surface area contributed by atoms with E-state index in [1.807, 2.05) is 31.2 Å². The van der Waals surface area contributed by atoms with E-state index in [0.29, 0.717) is 37.3 Å². The van der Waals surface area contributed by atoms with Gasteiger partial charge in [-0.05, 0) is 31.2 Å². The van der Waals surface area contributed by atoms with Gasteiger partial charge in [0.15, 0.2) is 5.82 Å². The van der Waals surface area contributed by atoms with Gasteiger partial charge in [-0.15, -0.1) is 0 Å². The molecule has 1 saturated heterocycles. The molecule has 11 heteroatoms. The van der Waals surface area contributed by atoms with Crippen LogP contribution in [-0.2, 0) is 12.7 Å². The van der Waals surface area contributed by atoms with E-state index in [2.05, 4.69) is 25.4 Å². The largest absolute Gasteiger partial charge is 0.419 e. The third kappa shape index (κ3) is 5.30. The molecule has 1 aliphatic rings. The minimum Gasteiger partial charge on any atom is -0.336 e. The zero-order chi connectivity index (χ0) is 23.6. The van der Waals surface area contributed by atoms with Gasteiger partial charge in [-0.1, -0.05) is 12.1 Å². The summed E-state index contributed by atoms with van der Waals surface area (Å²) in [4.78, 5) is 20.7. The molecule has 0 radical (unpaired) electrons. The zero-order valence-corrected chi connectivity index (χ0v) is 17.8. The van der Waals surface area contributed by atoms with Crippen LogP contribution in [-0.4, -0.2) is 57.1 Å². The number of carbonyl (C=O) groups excluding carboxylic acids is 1. The Hall–Kier alpha value is -3.47. The number of H-pyrrole nitrogens is 1. The summed E-state index contributed by atoms with van der Waals surface area (Å²) in [7, 11) is 0. The van der Waals surface area contributed by atoms with Crippen LogP contribution in [0.4, 0.5) is 29.2 Å². The van der Waals surface area contributed by atoms with Crippen LogP contribution in [0.2, 0.25) is 0 Å². The van der Waals surface area contributed by atoms with Gasteiger partial charge in [0.05, 0.1) is 16.8 Å². The number of pyridine rings is 1. The van der Waals surface area contributed by atoms with Crippen LogP contribution in [0.15, 0.2) is 42.5 Å². The fraction of sp³-hybridized carbons (Fsp3) is 0.318. The molecule has 0 bridgehead atoms. The van der Waals surface area contributed by atoms with Crippen LogP contribution in [0.3, 0.4) is 0 Å². The first-order valence-electron chi connectivity index (χ1n) is 10.3. The second-order valence-electron chi connectivity index (χ2n) is 7.81. The number of nitrogens with one attached hydrogen (secondary N) is 2. The first-order valence-corrected chi connectivity index (χ1v) is 10.3. The van der Waals surface area contributed by atoms with Crippen LogP contribution >= 0.6 is 0 Å². The lowest BCUT2D eigenvalue weighted by atomic mass is 10.1. The highest BCUT2D eigenvalue weighted by atomic mass is 19.4. The summed E-state index contributed by atoms with van der Waals surface area (Å²) in [6.07, 6.45) is -4.86. The first-order chi connectivity index (χ1) is 15.7. The summed E-state index contributed by atoms with van der Waals surface area (Å²) in [5.41, 5.74) is -0.258. The van der Waals surface area contributed by atoms with Crippen LogP contribution < -0.4 is 5.32 Å². The highest BCUT2D eigenvalue weighted by molar-refractivity contribution is 5.94. The van der Waals surface area contributed by atoms with E-state index in [1.165, 1.54) is 4.90 Å². The number of amides is 1. The average molecular weight is 462 g/mol. The van der Waals surface area contributed by atoms with Crippen molar-refractivity contribution in [2.24, 2.45) is 0 Å². The predicted octanol–water partition coefficient (Wildman–Crippen LogP) is 3.97. The van der Waals surface area contributed by atoms with Gasteiger partial charge >= 0.3 is 6.18 Å². The van der Waals surface area contributed by atoms with Gasteiger partial charge in [-0.3, -0.25) is 14.8 Å². The molecule has 2 aromatic heterocycles. The molecule has 33 heavy (non-hydrogen) atoms. The quantitative estimate of drug-likeness (QED) is 0.561. The van der Waals surface area contributed by atoms with Gasteiger partial charge in [-0.2, -0.15) is 18.3 Å². The number of anilines is 2. The lowest BCUT2D eigenvalue weighted by Gasteiger charge is -2.34. The standard InChI is InChI=1S/C22H22F4N6O/c1-14-12-19(30-29-14)28-18-7-2-4-15(27-18)13-31-8-10-32(11-9-31)21(33)16-5-3-6-17(20(16)23)22(24,25)26/h2-7,12H,8-11,13H2,1H3,(H2,27,28,29,30). The number of halogens is 4. The summed E-state index contributed by atoms with van der Waals surface area (Å²) in [5.74, 6) is -0.964. The molecule has 0 saturated carbocycles. The van der Waals surface area contributed by atoms with E-state index in [-0.39, 0.29) is 13.1 Å². The molecular weight excluding hydrogens is 440 g/mol. The van der Waals surface area contributed by atoms with Crippen LogP contribution in [0.25, 0.3) is 0 Å². The summed E-state index contributed by atoms with van der Waals surface area (Å²) in [6.45, 7) is 3.97. The maximum atomic E-state index is 14.3. The number of hydrogen-bond acceptors (Lipinski definition) is 5. The Kier molecular flexibility index (Phi) is 6.32. The molecule has 7 nitrogen and oxygen atoms in total. The monoisotopic (exact) mass is 462 g/mol. The lowest BCUT2D eigenvalue weighted by molar-refractivity contribution is -0.140. The van der Waals surface area contributed by atoms with Crippen LogP contribution in [0.1, 0.15) is 27.3 Å². The molecule has 2 N–H and O–H groups in total. The minimum atomic E-state index is -4.86. The number of alkyl halides is 3. The second-order valence-corrected chi connectivity index (χ2v) is 7.81. The van der Waals surface area contributed by atoms with E-state index >= 15 is 0 Å². The van der Waals surface area contributed by atoms with E-state index in [9.17, 15) is 22.4 Å². The van der Waals surface area contributed by atoms with Crippen molar-refractivity contribution in [3.63, 3.8) is 0 Å². The number of hydrogen-bond donors (Lipinski definition) is 2. The zero-order valence-electron chi connectivity index (χ0n) is 17.8. The molecule has 4 rings (SSSR count). The van der Waals surface area contributed by atoms with Crippen molar-refractivity contribution in [2.75, 3.05) is 31.5 Å². The fourth-order valence-corrected chi connectivity index (χ4v) is 3.68. The molecule has 3 aromatic rings. The average Bonchev–Trinajstić information content (AvgIpc) is 3.18. The van der Waals surface area contributed by atoms with Crippen LogP contribution in [0, 0.1) is 12.7 Å². The smallest absolute Gasteiger partial charge is 0.336 e. The SMILES string of the molecule is Cc1cc(Nc2cccc(CN3CCN(C(=O)c4cccc(C(F)(F)F)c4F)CC3)n2)n[nH]1. The number of carbonyl (C=O) groups is 1. The van der Waals surface area contributed by atoms with Crippen molar-refractivity contribution in [1.82, 2.24) is 25.0 Å². The van der Waals surface area contributed by atoms with E-state index in [4.69, 9.17) is 0 Å². The Balaban J connectivity index is 1.36. The number of aromatic nitrogens is 3. The Morgan fingerprint density at radius 1 is 1.09 bits per heavy atom. The highest BCUT2D eigenvalue weighted by Crippen LogP contribution is 2.32. The maximum Gasteiger partial charge on any atom is 0.419 e. The molecule has 0 aliphatic carbocycles. The molecule has 174 valence electrons. The van der Waals surface area contributed by atoms with Gasteiger partial charge in [0.2, 0.25) is 0 Å². The number of aryl methyl sites for hydroxylation is 1. The van der Waals surface area contributed by atoms with Gasteiger partial charge < -0.3 is 10.2 Å². The summed E-state index contributed by atoms with van der Waals surface area (Å²) < 4.78 is 53.2. The van der Waals surface area contributed by atoms with Crippen LogP contribution in [0.5, 0.6) is 0 Å². The molecule has 3 heterocycles. The molecule has 1 aliphatic heterocycles. The molecule has 1 aromatic carbocycles. The highest BCUT2D eigenvalue weighted by Gasteiger charge is 2.36. The van der Waals surface area contributed by atoms with Gasteiger partial charge in [0.1, 0.15) is 11.6 Å². The molecule has 1 fully saturated rings. The topological polar surface area (TPSA) is 77.2 Å². The Labute approximate surface area is 187 Å². The van der Waals surface area contributed by atoms with E-state index in [1.54, 1.807) is 0 Å². The lowest BCUT2D eigenvalue weighted by Crippen LogP contribution is -2.48.